The molecule has 2 aromatic rings. The third kappa shape index (κ3) is 2.25. The molecular weight excluding hydrogens is 228 g/mol. The maximum Gasteiger partial charge on any atom is 0.366 e. The summed E-state index contributed by atoms with van der Waals surface area (Å²) in [6, 6.07) is 3.08. The smallest absolute Gasteiger partial charge is 0.366 e. The number of nitrogens with zero attached hydrogens (tertiary/aromatic N) is 3. The van der Waals surface area contributed by atoms with Crippen LogP contribution in [-0.4, -0.2) is 37.4 Å². The standard InChI is InChI=1S/C9H6N4O4/c14-8(15)6-7(12-13-11-6)9(16)17-5-2-1-3-10-4-5/h1-4H,(H,14,15)(H,11,12,13). The van der Waals surface area contributed by atoms with Gasteiger partial charge in [-0.1, -0.05) is 0 Å². The quantitative estimate of drug-likeness (QED) is 0.723. The van der Waals surface area contributed by atoms with Crippen molar-refractivity contribution in [2.45, 2.75) is 0 Å². The van der Waals surface area contributed by atoms with Crippen LogP contribution in [0.3, 0.4) is 0 Å². The van der Waals surface area contributed by atoms with Gasteiger partial charge in [0.1, 0.15) is 5.75 Å². The molecule has 0 spiro atoms. The number of carbonyl (C=O) groups excluding carboxylic acids is 1. The van der Waals surface area contributed by atoms with Gasteiger partial charge in [-0.15, -0.1) is 10.2 Å². The van der Waals surface area contributed by atoms with E-state index in [4.69, 9.17) is 9.84 Å². The first-order chi connectivity index (χ1) is 8.18. The second-order valence-corrected chi connectivity index (χ2v) is 2.90. The molecule has 0 bridgehead atoms. The van der Waals surface area contributed by atoms with E-state index in [2.05, 4.69) is 15.2 Å². The minimum Gasteiger partial charge on any atom is -0.476 e. The van der Waals surface area contributed by atoms with E-state index in [1.807, 2.05) is 5.21 Å². The first-order valence-electron chi connectivity index (χ1n) is 4.44. The number of rotatable bonds is 3. The van der Waals surface area contributed by atoms with E-state index in [1.165, 1.54) is 18.5 Å². The lowest BCUT2D eigenvalue weighted by atomic mass is 10.3. The fourth-order valence-electron chi connectivity index (χ4n) is 1.09. The van der Waals surface area contributed by atoms with E-state index >= 15 is 0 Å². The van der Waals surface area contributed by atoms with Crippen molar-refractivity contribution >= 4 is 11.9 Å². The Hall–Kier alpha value is -2.77. The molecule has 0 aliphatic carbocycles. The van der Waals surface area contributed by atoms with Gasteiger partial charge in [-0.3, -0.25) is 4.98 Å². The lowest BCUT2D eigenvalue weighted by Crippen LogP contribution is -2.14. The maximum atomic E-state index is 11.6. The Kier molecular flexibility index (Phi) is 2.77. The number of aromatic carboxylic acids is 1. The number of aromatic amines is 1. The highest BCUT2D eigenvalue weighted by molar-refractivity contribution is 6.00. The van der Waals surface area contributed by atoms with Crippen LogP contribution in [0.1, 0.15) is 21.0 Å². The van der Waals surface area contributed by atoms with Gasteiger partial charge in [0.15, 0.2) is 0 Å². The number of nitrogens with one attached hydrogen (secondary N) is 1. The summed E-state index contributed by atoms with van der Waals surface area (Å²) in [7, 11) is 0. The molecule has 86 valence electrons. The largest absolute Gasteiger partial charge is 0.476 e. The first-order valence-corrected chi connectivity index (χ1v) is 4.44. The van der Waals surface area contributed by atoms with Gasteiger partial charge in [0.2, 0.25) is 11.4 Å². The van der Waals surface area contributed by atoms with Crippen LogP contribution < -0.4 is 4.74 Å². The average Bonchev–Trinajstić information content (AvgIpc) is 2.79. The molecule has 0 amide bonds. The van der Waals surface area contributed by atoms with Crippen molar-refractivity contribution in [3.05, 3.63) is 35.9 Å². The van der Waals surface area contributed by atoms with Gasteiger partial charge < -0.3 is 9.84 Å². The van der Waals surface area contributed by atoms with Crippen molar-refractivity contribution in [3.8, 4) is 5.75 Å². The topological polar surface area (TPSA) is 118 Å². The third-order valence-electron chi connectivity index (χ3n) is 1.79. The Morgan fingerprint density at radius 3 is 2.71 bits per heavy atom. The van der Waals surface area contributed by atoms with Crippen molar-refractivity contribution in [3.63, 3.8) is 0 Å². The van der Waals surface area contributed by atoms with Crippen molar-refractivity contribution < 1.29 is 19.4 Å². The first kappa shape index (κ1) is 10.7. The Labute approximate surface area is 94.3 Å². The van der Waals surface area contributed by atoms with Gasteiger partial charge in [0, 0.05) is 6.20 Å². The van der Waals surface area contributed by atoms with Gasteiger partial charge in [-0.2, -0.15) is 5.21 Å². The minimum absolute atomic E-state index is 0.192. The summed E-state index contributed by atoms with van der Waals surface area (Å²) in [5, 5.41) is 17.5. The number of aromatic nitrogens is 4. The van der Waals surface area contributed by atoms with Crippen LogP contribution >= 0.6 is 0 Å². The van der Waals surface area contributed by atoms with E-state index in [0.717, 1.165) is 0 Å². The van der Waals surface area contributed by atoms with Gasteiger partial charge in [-0.05, 0) is 12.1 Å². The number of carbonyl (C=O) groups is 2. The molecule has 0 aromatic carbocycles. The van der Waals surface area contributed by atoms with Crippen LogP contribution in [0.25, 0.3) is 0 Å². The van der Waals surface area contributed by atoms with E-state index in [-0.39, 0.29) is 11.4 Å². The summed E-state index contributed by atoms with van der Waals surface area (Å²) in [5.74, 6) is -2.09. The number of pyridine rings is 1. The lowest BCUT2D eigenvalue weighted by molar-refractivity contribution is 0.0661. The Morgan fingerprint density at radius 2 is 2.06 bits per heavy atom. The molecule has 0 aliphatic heterocycles. The molecule has 2 rings (SSSR count). The molecule has 8 nitrogen and oxygen atoms in total. The zero-order valence-corrected chi connectivity index (χ0v) is 8.32. The molecule has 0 fully saturated rings. The Morgan fingerprint density at radius 1 is 1.29 bits per heavy atom. The maximum absolute atomic E-state index is 11.6. The third-order valence-corrected chi connectivity index (χ3v) is 1.79. The van der Waals surface area contributed by atoms with Crippen LogP contribution in [-0.2, 0) is 0 Å². The fourth-order valence-corrected chi connectivity index (χ4v) is 1.09. The molecular formula is C9H6N4O4. The van der Waals surface area contributed by atoms with E-state index < -0.39 is 17.6 Å². The van der Waals surface area contributed by atoms with Gasteiger partial charge in [-0.25, -0.2) is 9.59 Å². The molecule has 0 saturated carbocycles. The molecule has 0 radical (unpaired) electrons. The van der Waals surface area contributed by atoms with Crippen LogP contribution in [0.4, 0.5) is 0 Å². The minimum atomic E-state index is -1.36. The summed E-state index contributed by atoms with van der Waals surface area (Å²) in [5.41, 5.74) is -0.875. The monoisotopic (exact) mass is 234 g/mol. The molecule has 2 N–H and O–H groups in total. The normalized spacial score (nSPS) is 9.88. The second kappa shape index (κ2) is 4.39. The summed E-state index contributed by atoms with van der Waals surface area (Å²) in [6.07, 6.45) is 2.83. The van der Waals surface area contributed by atoms with Crippen LogP contribution in [0.15, 0.2) is 24.5 Å². The van der Waals surface area contributed by atoms with Crippen molar-refractivity contribution in [2.75, 3.05) is 0 Å². The number of hydrogen-bond acceptors (Lipinski definition) is 6. The summed E-state index contributed by atoms with van der Waals surface area (Å²) >= 11 is 0. The number of hydrogen-bond donors (Lipinski definition) is 2. The number of carboxylic acid groups (broad SMARTS) is 1. The van der Waals surface area contributed by atoms with Gasteiger partial charge >= 0.3 is 11.9 Å². The van der Waals surface area contributed by atoms with Crippen LogP contribution in [0.5, 0.6) is 5.75 Å². The number of esters is 1. The fraction of sp³-hybridized carbons (Fsp3) is 0. The second-order valence-electron chi connectivity index (χ2n) is 2.90. The molecule has 8 heteroatoms. The predicted octanol–water partition coefficient (Wildman–Crippen LogP) is 0.117. The summed E-state index contributed by atoms with van der Waals surface area (Å²) < 4.78 is 4.86. The Bertz CT molecular complexity index is 551. The highest BCUT2D eigenvalue weighted by Crippen LogP contribution is 2.10. The average molecular weight is 234 g/mol. The zero-order valence-electron chi connectivity index (χ0n) is 8.32. The van der Waals surface area contributed by atoms with Crippen molar-refractivity contribution in [2.24, 2.45) is 0 Å². The highest BCUT2D eigenvalue weighted by Gasteiger charge is 2.23. The predicted molar refractivity (Wildman–Crippen MR) is 52.5 cm³/mol. The van der Waals surface area contributed by atoms with Crippen LogP contribution in [0.2, 0.25) is 0 Å². The van der Waals surface area contributed by atoms with Crippen molar-refractivity contribution in [1.82, 2.24) is 20.4 Å². The van der Waals surface area contributed by atoms with Crippen LogP contribution in [0, 0.1) is 0 Å². The van der Waals surface area contributed by atoms with Gasteiger partial charge in [0.05, 0.1) is 6.20 Å². The zero-order chi connectivity index (χ0) is 12.3. The van der Waals surface area contributed by atoms with Crippen molar-refractivity contribution in [1.29, 1.82) is 0 Å². The number of carboxylic acids is 1. The highest BCUT2D eigenvalue weighted by atomic mass is 16.5. The lowest BCUT2D eigenvalue weighted by Gasteiger charge is -2.00. The molecule has 2 heterocycles. The van der Waals surface area contributed by atoms with E-state index in [1.54, 1.807) is 6.07 Å². The molecule has 0 saturated heterocycles. The molecule has 0 atom stereocenters. The van der Waals surface area contributed by atoms with E-state index in [0.29, 0.717) is 0 Å². The molecule has 17 heavy (non-hydrogen) atoms. The van der Waals surface area contributed by atoms with E-state index in [9.17, 15) is 9.59 Å². The summed E-state index contributed by atoms with van der Waals surface area (Å²) in [4.78, 5) is 26.0. The molecule has 0 unspecified atom stereocenters. The molecule has 0 aliphatic rings. The summed E-state index contributed by atoms with van der Waals surface area (Å²) in [6.45, 7) is 0. The van der Waals surface area contributed by atoms with Gasteiger partial charge in [0.25, 0.3) is 0 Å². The molecule has 2 aromatic heterocycles. The Balaban J connectivity index is 2.21. The number of ether oxygens (including phenoxy) is 1. The number of H-pyrrole nitrogens is 1. The SMILES string of the molecule is O=C(O)c1n[nH]nc1C(=O)Oc1cccnc1.